The third-order valence-corrected chi connectivity index (χ3v) is 4.13. The van der Waals surface area contributed by atoms with Crippen LogP contribution in [-0.2, 0) is 10.0 Å². The third kappa shape index (κ3) is 1.71. The van der Waals surface area contributed by atoms with E-state index in [0.717, 1.165) is 13.1 Å². The Labute approximate surface area is 78.5 Å². The molecule has 0 aromatic rings. The summed E-state index contributed by atoms with van der Waals surface area (Å²) in [5.74, 6) is 0. The predicted molar refractivity (Wildman–Crippen MR) is 49.8 cm³/mol. The van der Waals surface area contributed by atoms with Crippen LogP contribution < -0.4 is 5.14 Å². The maximum absolute atomic E-state index is 10.9. The second kappa shape index (κ2) is 2.91. The van der Waals surface area contributed by atoms with E-state index in [2.05, 4.69) is 16.8 Å². The molecule has 76 valence electrons. The van der Waals surface area contributed by atoms with Gasteiger partial charge >= 0.3 is 0 Å². The largest absolute Gasteiger partial charge is 0.303 e. The zero-order valence-corrected chi connectivity index (χ0v) is 8.50. The molecule has 2 fully saturated rings. The topological polar surface area (TPSA) is 66.6 Å². The minimum absolute atomic E-state index is 0.321. The fraction of sp³-hybridized carbons (Fsp3) is 1.00. The summed E-state index contributed by atoms with van der Waals surface area (Å²) < 4.78 is 21.8. The van der Waals surface area contributed by atoms with Gasteiger partial charge in [0.1, 0.15) is 5.25 Å². The van der Waals surface area contributed by atoms with Crippen LogP contribution in [0, 0.1) is 0 Å². The molecule has 0 radical (unpaired) electrons. The molecule has 2 aliphatic rings. The van der Waals surface area contributed by atoms with E-state index in [-0.39, 0.29) is 5.25 Å². The van der Waals surface area contributed by atoms with Crippen LogP contribution in [0.5, 0.6) is 0 Å². The van der Waals surface area contributed by atoms with Crippen molar-refractivity contribution < 1.29 is 8.42 Å². The maximum atomic E-state index is 10.9. The highest BCUT2D eigenvalue weighted by Crippen LogP contribution is 2.22. The smallest absolute Gasteiger partial charge is 0.214 e. The lowest BCUT2D eigenvalue weighted by Gasteiger charge is -2.50. The SMILES string of the molecule is CN1CC(N2CC(S(N)(=O)=O)C2)C1. The number of sulfonamides is 1. The Bertz CT molecular complexity index is 291. The van der Waals surface area contributed by atoms with E-state index in [4.69, 9.17) is 5.14 Å². The average molecular weight is 205 g/mol. The summed E-state index contributed by atoms with van der Waals surface area (Å²) in [5, 5.41) is 4.70. The quantitative estimate of drug-likeness (QED) is 0.582. The molecule has 2 N–H and O–H groups in total. The van der Waals surface area contributed by atoms with Crippen molar-refractivity contribution in [3.63, 3.8) is 0 Å². The normalized spacial score (nSPS) is 28.5. The number of likely N-dealkylation sites (tertiary alicyclic amines) is 2. The van der Waals surface area contributed by atoms with E-state index in [1.165, 1.54) is 0 Å². The molecule has 0 aromatic carbocycles. The Morgan fingerprint density at radius 2 is 1.77 bits per heavy atom. The van der Waals surface area contributed by atoms with Gasteiger partial charge in [-0.1, -0.05) is 0 Å². The van der Waals surface area contributed by atoms with Gasteiger partial charge in [0.25, 0.3) is 0 Å². The first kappa shape index (κ1) is 9.39. The van der Waals surface area contributed by atoms with Crippen LogP contribution in [0.2, 0.25) is 0 Å². The highest BCUT2D eigenvalue weighted by Gasteiger charge is 2.41. The van der Waals surface area contributed by atoms with Crippen LogP contribution in [0.4, 0.5) is 0 Å². The molecule has 2 heterocycles. The van der Waals surface area contributed by atoms with Crippen molar-refractivity contribution in [2.24, 2.45) is 5.14 Å². The van der Waals surface area contributed by atoms with Gasteiger partial charge in [-0.2, -0.15) is 0 Å². The first-order valence-electron chi connectivity index (χ1n) is 4.41. The fourth-order valence-corrected chi connectivity index (χ4v) is 2.67. The molecule has 2 aliphatic heterocycles. The van der Waals surface area contributed by atoms with Crippen molar-refractivity contribution in [2.75, 3.05) is 33.2 Å². The summed E-state index contributed by atoms with van der Waals surface area (Å²) >= 11 is 0. The summed E-state index contributed by atoms with van der Waals surface area (Å²) in [4.78, 5) is 4.41. The molecule has 2 saturated heterocycles. The number of nitrogens with two attached hydrogens (primary N) is 1. The first-order valence-corrected chi connectivity index (χ1v) is 6.02. The average Bonchev–Trinajstić information content (AvgIpc) is 1.76. The number of hydrogen-bond acceptors (Lipinski definition) is 4. The number of hydrogen-bond donors (Lipinski definition) is 1. The van der Waals surface area contributed by atoms with Crippen molar-refractivity contribution >= 4 is 10.0 Å². The van der Waals surface area contributed by atoms with Crippen molar-refractivity contribution in [3.8, 4) is 0 Å². The summed E-state index contributed by atoms with van der Waals surface area (Å²) in [6, 6.07) is 0.558. The van der Waals surface area contributed by atoms with Crippen LogP contribution in [-0.4, -0.2) is 62.7 Å². The lowest BCUT2D eigenvalue weighted by molar-refractivity contribution is 0.0164. The van der Waals surface area contributed by atoms with Gasteiger partial charge in [0.05, 0.1) is 0 Å². The molecule has 0 amide bonds. The van der Waals surface area contributed by atoms with Gasteiger partial charge < -0.3 is 4.90 Å². The van der Waals surface area contributed by atoms with Gasteiger partial charge in [-0.05, 0) is 7.05 Å². The summed E-state index contributed by atoms with van der Waals surface area (Å²) in [6.45, 7) is 3.35. The van der Waals surface area contributed by atoms with Crippen LogP contribution in [0.3, 0.4) is 0 Å². The summed E-state index contributed by atoms with van der Waals surface area (Å²) in [7, 11) is -1.22. The molecule has 0 unspecified atom stereocenters. The second-order valence-electron chi connectivity index (χ2n) is 4.04. The molecule has 6 heteroatoms. The number of primary sulfonamides is 1. The van der Waals surface area contributed by atoms with Gasteiger partial charge in [0.15, 0.2) is 0 Å². The lowest BCUT2D eigenvalue weighted by Crippen LogP contribution is -2.67. The second-order valence-corrected chi connectivity index (χ2v) is 5.88. The van der Waals surface area contributed by atoms with Crippen LogP contribution in [0.1, 0.15) is 0 Å². The predicted octanol–water partition coefficient (Wildman–Crippen LogP) is -1.73. The maximum Gasteiger partial charge on any atom is 0.214 e. The minimum atomic E-state index is -3.29. The number of nitrogens with zero attached hydrogens (tertiary/aromatic N) is 2. The van der Waals surface area contributed by atoms with Gasteiger partial charge in [-0.3, -0.25) is 4.90 Å². The molecule has 2 rings (SSSR count). The van der Waals surface area contributed by atoms with E-state index in [1.54, 1.807) is 0 Å². The van der Waals surface area contributed by atoms with Gasteiger partial charge in [0.2, 0.25) is 10.0 Å². The fourth-order valence-electron chi connectivity index (χ4n) is 1.87. The highest BCUT2D eigenvalue weighted by atomic mass is 32.2. The minimum Gasteiger partial charge on any atom is -0.303 e. The van der Waals surface area contributed by atoms with Crippen molar-refractivity contribution in [3.05, 3.63) is 0 Å². The molecule has 0 aliphatic carbocycles. The summed E-state index contributed by atoms with van der Waals surface area (Å²) in [5.41, 5.74) is 0. The third-order valence-electron chi connectivity index (χ3n) is 2.90. The van der Waals surface area contributed by atoms with Crippen LogP contribution >= 0.6 is 0 Å². The molecule has 0 spiro atoms. The molecule has 0 saturated carbocycles. The Morgan fingerprint density at radius 3 is 2.15 bits per heavy atom. The highest BCUT2D eigenvalue weighted by molar-refractivity contribution is 7.89. The van der Waals surface area contributed by atoms with Gasteiger partial charge in [-0.15, -0.1) is 0 Å². The zero-order chi connectivity index (χ0) is 9.64. The molecular formula is C7H15N3O2S. The van der Waals surface area contributed by atoms with Gasteiger partial charge in [0, 0.05) is 32.2 Å². The van der Waals surface area contributed by atoms with E-state index in [9.17, 15) is 8.42 Å². The van der Waals surface area contributed by atoms with Crippen molar-refractivity contribution in [1.82, 2.24) is 9.80 Å². The molecular weight excluding hydrogens is 190 g/mol. The number of likely N-dealkylation sites (N-methyl/N-ethyl adjacent to an activating group) is 1. The molecule has 13 heavy (non-hydrogen) atoms. The Hall–Kier alpha value is -0.170. The molecule has 0 atom stereocenters. The molecule has 0 bridgehead atoms. The van der Waals surface area contributed by atoms with E-state index in [1.807, 2.05) is 0 Å². The monoisotopic (exact) mass is 205 g/mol. The molecule has 0 aromatic heterocycles. The van der Waals surface area contributed by atoms with Crippen molar-refractivity contribution in [1.29, 1.82) is 0 Å². The van der Waals surface area contributed by atoms with Crippen LogP contribution in [0.15, 0.2) is 0 Å². The Kier molecular flexibility index (Phi) is 2.10. The Balaban J connectivity index is 1.79. The first-order chi connectivity index (χ1) is 5.97. The Morgan fingerprint density at radius 1 is 1.23 bits per heavy atom. The number of rotatable bonds is 2. The van der Waals surface area contributed by atoms with E-state index >= 15 is 0 Å². The van der Waals surface area contributed by atoms with Gasteiger partial charge in [-0.25, -0.2) is 13.6 Å². The molecule has 5 nitrogen and oxygen atoms in total. The van der Waals surface area contributed by atoms with E-state index < -0.39 is 10.0 Å². The summed E-state index contributed by atoms with van der Waals surface area (Å²) in [6.07, 6.45) is 0. The lowest BCUT2D eigenvalue weighted by atomic mass is 10.0. The van der Waals surface area contributed by atoms with Crippen molar-refractivity contribution in [2.45, 2.75) is 11.3 Å². The standard InChI is InChI=1S/C7H15N3O2S/c1-9-2-6(3-9)10-4-7(5-10)13(8,11)12/h6-7H,2-5H2,1H3,(H2,8,11,12). The van der Waals surface area contributed by atoms with E-state index in [0.29, 0.717) is 19.1 Å². The van der Waals surface area contributed by atoms with Crippen LogP contribution in [0.25, 0.3) is 0 Å². The zero-order valence-electron chi connectivity index (χ0n) is 7.68.